The van der Waals surface area contributed by atoms with E-state index < -0.39 is 0 Å². The van der Waals surface area contributed by atoms with E-state index in [4.69, 9.17) is 0 Å². The van der Waals surface area contributed by atoms with Crippen molar-refractivity contribution in [1.29, 1.82) is 0 Å². The van der Waals surface area contributed by atoms with Gasteiger partial charge in [-0.25, -0.2) is 0 Å². The van der Waals surface area contributed by atoms with Gasteiger partial charge in [-0.15, -0.1) is 0 Å². The number of hydrogen-bond donors (Lipinski definition) is 0. The van der Waals surface area contributed by atoms with E-state index in [1.54, 1.807) is 0 Å². The zero-order valence-electron chi connectivity index (χ0n) is 9.38. The van der Waals surface area contributed by atoms with Gasteiger partial charge in [0.25, 0.3) is 0 Å². The van der Waals surface area contributed by atoms with Crippen LogP contribution < -0.4 is 0 Å². The van der Waals surface area contributed by atoms with Crippen molar-refractivity contribution in [3.05, 3.63) is 35.4 Å². The summed E-state index contributed by atoms with van der Waals surface area (Å²) in [6.07, 6.45) is 6.65. The Balaban J connectivity index is 2.02. The summed E-state index contributed by atoms with van der Waals surface area (Å²) < 4.78 is 0. The maximum atomic E-state index is 3.83. The summed E-state index contributed by atoms with van der Waals surface area (Å²) in [7, 11) is 0. The van der Waals surface area contributed by atoms with Crippen LogP contribution in [0.4, 0.5) is 0 Å². The number of halogens is 1. The molecule has 1 saturated carbocycles. The Labute approximate surface area is 101 Å². The second-order valence-corrected chi connectivity index (χ2v) is 5.57. The molecular formula is C14H19Br. The fourth-order valence-electron chi connectivity index (χ4n) is 2.16. The summed E-state index contributed by atoms with van der Waals surface area (Å²) in [6, 6.07) is 9.16. The van der Waals surface area contributed by atoms with Crippen LogP contribution in [0.2, 0.25) is 0 Å². The highest BCUT2D eigenvalue weighted by Crippen LogP contribution is 2.42. The Morgan fingerprint density at radius 3 is 2.40 bits per heavy atom. The molecule has 1 aliphatic rings. The molecule has 0 heterocycles. The van der Waals surface area contributed by atoms with Gasteiger partial charge in [-0.1, -0.05) is 60.0 Å². The fraction of sp³-hybridized carbons (Fsp3) is 0.571. The molecule has 1 aromatic rings. The van der Waals surface area contributed by atoms with Crippen LogP contribution in [0.1, 0.15) is 48.6 Å². The van der Waals surface area contributed by atoms with Gasteiger partial charge in [-0.2, -0.15) is 0 Å². The zero-order valence-corrected chi connectivity index (χ0v) is 11.0. The molecule has 1 heteroatoms. The van der Waals surface area contributed by atoms with E-state index in [0.29, 0.717) is 4.83 Å². The minimum Gasteiger partial charge on any atom is -0.0836 e. The van der Waals surface area contributed by atoms with Crippen LogP contribution in [0.15, 0.2) is 24.3 Å². The van der Waals surface area contributed by atoms with Crippen molar-refractivity contribution >= 4 is 15.9 Å². The van der Waals surface area contributed by atoms with E-state index in [0.717, 1.165) is 5.92 Å². The minimum absolute atomic E-state index is 0.585. The standard InChI is InChI=1S/C14H19Br/c1-2-4-11-7-9-13(10-8-11)14(15)12-5-3-6-12/h7-10,12,14H,2-6H2,1H3. The molecule has 0 spiro atoms. The summed E-state index contributed by atoms with van der Waals surface area (Å²) in [6.45, 7) is 2.23. The monoisotopic (exact) mass is 266 g/mol. The van der Waals surface area contributed by atoms with Crippen LogP contribution in [0, 0.1) is 5.92 Å². The molecule has 1 aliphatic carbocycles. The van der Waals surface area contributed by atoms with E-state index in [-0.39, 0.29) is 0 Å². The Hall–Kier alpha value is -0.300. The first kappa shape index (κ1) is 11.2. The van der Waals surface area contributed by atoms with Crippen LogP contribution in [-0.2, 0) is 6.42 Å². The summed E-state index contributed by atoms with van der Waals surface area (Å²) in [5.74, 6) is 0.877. The second kappa shape index (κ2) is 5.16. The molecule has 1 unspecified atom stereocenters. The number of rotatable bonds is 4. The molecule has 0 aliphatic heterocycles. The highest BCUT2D eigenvalue weighted by atomic mass is 79.9. The van der Waals surface area contributed by atoms with Gasteiger partial charge in [0.2, 0.25) is 0 Å². The number of aryl methyl sites for hydroxylation is 1. The van der Waals surface area contributed by atoms with Gasteiger partial charge in [0, 0.05) is 4.83 Å². The zero-order chi connectivity index (χ0) is 10.7. The Morgan fingerprint density at radius 1 is 1.27 bits per heavy atom. The quantitative estimate of drug-likeness (QED) is 0.682. The third kappa shape index (κ3) is 2.63. The van der Waals surface area contributed by atoms with E-state index in [1.807, 2.05) is 0 Å². The van der Waals surface area contributed by atoms with Crippen molar-refractivity contribution in [3.8, 4) is 0 Å². The Bertz CT molecular complexity index is 298. The van der Waals surface area contributed by atoms with Crippen molar-refractivity contribution in [3.63, 3.8) is 0 Å². The summed E-state index contributed by atoms with van der Waals surface area (Å²) in [5, 5.41) is 0. The molecule has 82 valence electrons. The van der Waals surface area contributed by atoms with E-state index in [9.17, 15) is 0 Å². The highest BCUT2D eigenvalue weighted by molar-refractivity contribution is 9.09. The third-order valence-electron chi connectivity index (χ3n) is 3.40. The average molecular weight is 267 g/mol. The Kier molecular flexibility index (Phi) is 3.85. The Morgan fingerprint density at radius 2 is 1.93 bits per heavy atom. The number of alkyl halides is 1. The van der Waals surface area contributed by atoms with Gasteiger partial charge in [0.15, 0.2) is 0 Å². The normalized spacial score (nSPS) is 18.5. The largest absolute Gasteiger partial charge is 0.0836 e. The van der Waals surface area contributed by atoms with Crippen molar-refractivity contribution in [2.45, 2.75) is 43.9 Å². The third-order valence-corrected chi connectivity index (χ3v) is 4.68. The van der Waals surface area contributed by atoms with Crippen molar-refractivity contribution in [2.75, 3.05) is 0 Å². The molecule has 2 rings (SSSR count). The molecule has 0 N–H and O–H groups in total. The van der Waals surface area contributed by atoms with Gasteiger partial charge in [0.05, 0.1) is 0 Å². The SMILES string of the molecule is CCCc1ccc(C(Br)C2CCC2)cc1. The van der Waals surface area contributed by atoms with Crippen LogP contribution >= 0.6 is 15.9 Å². The topological polar surface area (TPSA) is 0 Å². The molecule has 1 fully saturated rings. The predicted octanol–water partition coefficient (Wildman–Crippen LogP) is 4.88. The lowest BCUT2D eigenvalue weighted by Crippen LogP contribution is -2.16. The van der Waals surface area contributed by atoms with Crippen molar-refractivity contribution in [1.82, 2.24) is 0 Å². The minimum atomic E-state index is 0.585. The fourth-order valence-corrected chi connectivity index (χ4v) is 3.00. The van der Waals surface area contributed by atoms with Gasteiger partial charge in [-0.05, 0) is 36.3 Å². The van der Waals surface area contributed by atoms with Crippen molar-refractivity contribution < 1.29 is 0 Å². The molecule has 1 atom stereocenters. The maximum absolute atomic E-state index is 3.83. The first-order chi connectivity index (χ1) is 7.31. The number of benzene rings is 1. The van der Waals surface area contributed by atoms with Gasteiger partial charge >= 0.3 is 0 Å². The number of hydrogen-bond acceptors (Lipinski definition) is 0. The molecule has 0 saturated heterocycles. The second-order valence-electron chi connectivity index (χ2n) is 4.58. The van der Waals surface area contributed by atoms with Crippen LogP contribution in [0.3, 0.4) is 0 Å². The van der Waals surface area contributed by atoms with E-state index >= 15 is 0 Å². The van der Waals surface area contributed by atoms with Gasteiger partial charge in [0.1, 0.15) is 0 Å². The lowest BCUT2D eigenvalue weighted by atomic mass is 9.81. The van der Waals surface area contributed by atoms with Crippen LogP contribution in [0.25, 0.3) is 0 Å². The van der Waals surface area contributed by atoms with Crippen LogP contribution in [-0.4, -0.2) is 0 Å². The highest BCUT2D eigenvalue weighted by Gasteiger charge is 2.26. The molecule has 1 aromatic carbocycles. The maximum Gasteiger partial charge on any atom is 0.0423 e. The first-order valence-electron chi connectivity index (χ1n) is 6.04. The summed E-state index contributed by atoms with van der Waals surface area (Å²) in [4.78, 5) is 0.585. The molecular weight excluding hydrogens is 248 g/mol. The van der Waals surface area contributed by atoms with Gasteiger partial charge in [-0.3, -0.25) is 0 Å². The summed E-state index contributed by atoms with van der Waals surface area (Å²) >= 11 is 3.83. The predicted molar refractivity (Wildman–Crippen MR) is 69.4 cm³/mol. The molecule has 15 heavy (non-hydrogen) atoms. The smallest absolute Gasteiger partial charge is 0.0423 e. The molecule has 0 aromatic heterocycles. The van der Waals surface area contributed by atoms with E-state index in [2.05, 4.69) is 47.1 Å². The molecule has 0 bridgehead atoms. The van der Waals surface area contributed by atoms with Crippen LogP contribution in [0.5, 0.6) is 0 Å². The lowest BCUT2D eigenvalue weighted by Gasteiger charge is -2.30. The first-order valence-corrected chi connectivity index (χ1v) is 6.95. The van der Waals surface area contributed by atoms with E-state index in [1.165, 1.54) is 43.2 Å². The van der Waals surface area contributed by atoms with Crippen molar-refractivity contribution in [2.24, 2.45) is 5.92 Å². The average Bonchev–Trinajstić information content (AvgIpc) is 2.16. The summed E-state index contributed by atoms with van der Waals surface area (Å²) in [5.41, 5.74) is 2.93. The molecule has 0 nitrogen and oxygen atoms in total. The molecule has 0 amide bonds. The molecule has 0 radical (unpaired) electrons. The van der Waals surface area contributed by atoms with Gasteiger partial charge < -0.3 is 0 Å². The lowest BCUT2D eigenvalue weighted by molar-refractivity contribution is 0.312.